The summed E-state index contributed by atoms with van der Waals surface area (Å²) in [6.07, 6.45) is 6.78. The molecular weight excluding hydrogens is 224 g/mol. The first-order valence-corrected chi connectivity index (χ1v) is 6.91. The second-order valence-corrected chi connectivity index (χ2v) is 6.08. The van der Waals surface area contributed by atoms with Crippen molar-refractivity contribution in [1.82, 2.24) is 0 Å². The van der Waals surface area contributed by atoms with Gasteiger partial charge in [0.05, 0.1) is 0 Å². The van der Waals surface area contributed by atoms with E-state index >= 15 is 0 Å². The first kappa shape index (κ1) is 11.8. The standard InChI is InChI=1S/C16H20O2/c1-16(11-17)8-6-12(7-9-16)15-10-13-4-2-3-5-14(13)18-15/h2-5,11-12,15H,6-10H2,1H3. The highest BCUT2D eigenvalue weighted by atomic mass is 16.5. The molecule has 1 fully saturated rings. The molecule has 2 nitrogen and oxygen atoms in total. The molecule has 96 valence electrons. The molecule has 0 amide bonds. The highest BCUT2D eigenvalue weighted by Crippen LogP contribution is 2.42. The maximum absolute atomic E-state index is 11.1. The third-order valence-electron chi connectivity index (χ3n) is 4.65. The number of carbonyl (C=O) groups excluding carboxylic acids is 1. The molecule has 0 spiro atoms. The van der Waals surface area contributed by atoms with Crippen LogP contribution in [-0.2, 0) is 11.2 Å². The van der Waals surface area contributed by atoms with Crippen molar-refractivity contribution < 1.29 is 9.53 Å². The van der Waals surface area contributed by atoms with Gasteiger partial charge in [0, 0.05) is 11.8 Å². The highest BCUT2D eigenvalue weighted by Gasteiger charge is 2.37. The van der Waals surface area contributed by atoms with E-state index < -0.39 is 0 Å². The van der Waals surface area contributed by atoms with Gasteiger partial charge in [0.15, 0.2) is 0 Å². The predicted octanol–water partition coefficient (Wildman–Crippen LogP) is 3.39. The second-order valence-electron chi connectivity index (χ2n) is 6.08. The van der Waals surface area contributed by atoms with Gasteiger partial charge in [-0.15, -0.1) is 0 Å². The van der Waals surface area contributed by atoms with Crippen molar-refractivity contribution >= 4 is 6.29 Å². The maximum atomic E-state index is 11.1. The van der Waals surface area contributed by atoms with Crippen LogP contribution in [0.2, 0.25) is 0 Å². The van der Waals surface area contributed by atoms with Crippen molar-refractivity contribution in [3.63, 3.8) is 0 Å². The molecule has 1 aliphatic heterocycles. The van der Waals surface area contributed by atoms with Gasteiger partial charge in [-0.3, -0.25) is 0 Å². The molecule has 2 aliphatic rings. The minimum Gasteiger partial charge on any atom is -0.490 e. The minimum atomic E-state index is -0.0814. The molecule has 1 saturated carbocycles. The van der Waals surface area contributed by atoms with Crippen LogP contribution in [0, 0.1) is 11.3 Å². The van der Waals surface area contributed by atoms with Crippen LogP contribution in [0.5, 0.6) is 5.75 Å². The Labute approximate surface area is 108 Å². The zero-order valence-electron chi connectivity index (χ0n) is 10.9. The van der Waals surface area contributed by atoms with Crippen molar-refractivity contribution in [3.8, 4) is 5.75 Å². The SMILES string of the molecule is CC1(C=O)CCC(C2Cc3ccccc3O2)CC1. The van der Waals surface area contributed by atoms with Crippen LogP contribution < -0.4 is 4.74 Å². The second kappa shape index (κ2) is 4.42. The van der Waals surface area contributed by atoms with Gasteiger partial charge in [-0.2, -0.15) is 0 Å². The Hall–Kier alpha value is -1.31. The van der Waals surface area contributed by atoms with Gasteiger partial charge in [-0.05, 0) is 43.2 Å². The molecule has 1 atom stereocenters. The molecule has 1 unspecified atom stereocenters. The molecule has 1 aliphatic carbocycles. The quantitative estimate of drug-likeness (QED) is 0.745. The largest absolute Gasteiger partial charge is 0.490 e. The third kappa shape index (κ3) is 2.05. The molecule has 18 heavy (non-hydrogen) atoms. The number of para-hydroxylation sites is 1. The summed E-state index contributed by atoms with van der Waals surface area (Å²) in [6, 6.07) is 8.34. The van der Waals surface area contributed by atoms with E-state index in [1.165, 1.54) is 5.56 Å². The Morgan fingerprint density at radius 2 is 2.00 bits per heavy atom. The van der Waals surface area contributed by atoms with E-state index in [0.717, 1.165) is 44.1 Å². The summed E-state index contributed by atoms with van der Waals surface area (Å²) in [4.78, 5) is 11.1. The number of benzene rings is 1. The lowest BCUT2D eigenvalue weighted by atomic mass is 9.71. The Balaban J connectivity index is 1.65. The zero-order valence-corrected chi connectivity index (χ0v) is 10.9. The number of ether oxygens (including phenoxy) is 1. The molecule has 0 aromatic heterocycles. The van der Waals surface area contributed by atoms with Crippen LogP contribution in [0.15, 0.2) is 24.3 Å². The minimum absolute atomic E-state index is 0.0814. The first-order chi connectivity index (χ1) is 8.70. The van der Waals surface area contributed by atoms with Gasteiger partial charge in [-0.25, -0.2) is 0 Å². The summed E-state index contributed by atoms with van der Waals surface area (Å²) in [5, 5.41) is 0. The van der Waals surface area contributed by atoms with Crippen molar-refractivity contribution in [2.45, 2.75) is 45.1 Å². The summed E-state index contributed by atoms with van der Waals surface area (Å²) < 4.78 is 6.06. The van der Waals surface area contributed by atoms with Crippen LogP contribution in [-0.4, -0.2) is 12.4 Å². The van der Waals surface area contributed by atoms with Crippen molar-refractivity contribution in [2.24, 2.45) is 11.3 Å². The van der Waals surface area contributed by atoms with Crippen LogP contribution in [0.4, 0.5) is 0 Å². The lowest BCUT2D eigenvalue weighted by Gasteiger charge is -2.35. The summed E-state index contributed by atoms with van der Waals surface area (Å²) >= 11 is 0. The molecule has 0 bridgehead atoms. The van der Waals surface area contributed by atoms with Crippen LogP contribution in [0.1, 0.15) is 38.2 Å². The van der Waals surface area contributed by atoms with E-state index in [4.69, 9.17) is 4.74 Å². The van der Waals surface area contributed by atoms with Crippen LogP contribution in [0.25, 0.3) is 0 Å². The fourth-order valence-corrected chi connectivity index (χ4v) is 3.26. The molecule has 1 aromatic carbocycles. The maximum Gasteiger partial charge on any atom is 0.125 e. The zero-order chi connectivity index (χ0) is 12.6. The van der Waals surface area contributed by atoms with E-state index in [0.29, 0.717) is 12.0 Å². The van der Waals surface area contributed by atoms with E-state index in [-0.39, 0.29) is 5.41 Å². The fraction of sp³-hybridized carbons (Fsp3) is 0.562. The van der Waals surface area contributed by atoms with Gasteiger partial charge >= 0.3 is 0 Å². The lowest BCUT2D eigenvalue weighted by molar-refractivity contribution is -0.117. The highest BCUT2D eigenvalue weighted by molar-refractivity contribution is 5.58. The Kier molecular flexibility index (Phi) is 2.89. The molecule has 0 N–H and O–H groups in total. The van der Waals surface area contributed by atoms with Crippen LogP contribution >= 0.6 is 0 Å². The molecule has 0 saturated heterocycles. The van der Waals surface area contributed by atoms with Gasteiger partial charge < -0.3 is 9.53 Å². The number of carbonyl (C=O) groups is 1. The van der Waals surface area contributed by atoms with Gasteiger partial charge in [0.2, 0.25) is 0 Å². The summed E-state index contributed by atoms with van der Waals surface area (Å²) in [6.45, 7) is 2.08. The normalized spacial score (nSPS) is 34.7. The van der Waals surface area contributed by atoms with Crippen molar-refractivity contribution in [2.75, 3.05) is 0 Å². The van der Waals surface area contributed by atoms with Crippen LogP contribution in [0.3, 0.4) is 0 Å². The third-order valence-corrected chi connectivity index (χ3v) is 4.65. The van der Waals surface area contributed by atoms with Crippen molar-refractivity contribution in [3.05, 3.63) is 29.8 Å². The number of hydrogen-bond acceptors (Lipinski definition) is 2. The van der Waals surface area contributed by atoms with Gasteiger partial charge in [-0.1, -0.05) is 25.1 Å². The smallest absolute Gasteiger partial charge is 0.125 e. The molecular formula is C16H20O2. The molecule has 1 heterocycles. The molecule has 3 rings (SSSR count). The van der Waals surface area contributed by atoms with E-state index in [1.807, 2.05) is 6.07 Å². The Bertz CT molecular complexity index is 419. The van der Waals surface area contributed by atoms with Gasteiger partial charge in [0.1, 0.15) is 18.1 Å². The average molecular weight is 244 g/mol. The number of rotatable bonds is 2. The predicted molar refractivity (Wildman–Crippen MR) is 70.7 cm³/mol. The number of aldehydes is 1. The van der Waals surface area contributed by atoms with E-state index in [9.17, 15) is 4.79 Å². The molecule has 0 radical (unpaired) electrons. The van der Waals surface area contributed by atoms with E-state index in [1.54, 1.807) is 0 Å². The first-order valence-electron chi connectivity index (χ1n) is 6.91. The van der Waals surface area contributed by atoms with Crippen molar-refractivity contribution in [1.29, 1.82) is 0 Å². The Morgan fingerprint density at radius 1 is 1.28 bits per heavy atom. The Morgan fingerprint density at radius 3 is 2.67 bits per heavy atom. The lowest BCUT2D eigenvalue weighted by Crippen LogP contribution is -2.33. The molecule has 2 heteroatoms. The fourth-order valence-electron chi connectivity index (χ4n) is 3.26. The monoisotopic (exact) mass is 244 g/mol. The summed E-state index contributed by atoms with van der Waals surface area (Å²) in [7, 11) is 0. The topological polar surface area (TPSA) is 26.3 Å². The number of fused-ring (bicyclic) bond motifs is 1. The summed E-state index contributed by atoms with van der Waals surface area (Å²) in [5.41, 5.74) is 1.26. The average Bonchev–Trinajstić information content (AvgIpc) is 2.83. The summed E-state index contributed by atoms with van der Waals surface area (Å²) in [5.74, 6) is 1.68. The molecule has 1 aromatic rings. The number of hydrogen-bond donors (Lipinski definition) is 0. The van der Waals surface area contributed by atoms with E-state index in [2.05, 4.69) is 25.1 Å². The van der Waals surface area contributed by atoms with Gasteiger partial charge in [0.25, 0.3) is 0 Å².